The van der Waals surface area contributed by atoms with Gasteiger partial charge in [-0.15, -0.1) is 11.6 Å². The molecule has 6 heteroatoms. The maximum absolute atomic E-state index is 12.7. The predicted octanol–water partition coefficient (Wildman–Crippen LogP) is 2.91. The van der Waals surface area contributed by atoms with Crippen molar-refractivity contribution >= 4 is 17.6 Å². The van der Waals surface area contributed by atoms with E-state index in [1.54, 1.807) is 0 Å². The van der Waals surface area contributed by atoms with Crippen molar-refractivity contribution in [1.82, 2.24) is 0 Å². The monoisotopic (exact) mass is 278 g/mol. The minimum Gasteiger partial charge on any atom is -0.479 e. The fourth-order valence-electron chi connectivity index (χ4n) is 1.62. The minimum atomic E-state index is -2.63. The van der Waals surface area contributed by atoms with Crippen molar-refractivity contribution in [3.05, 3.63) is 34.9 Å². The summed E-state index contributed by atoms with van der Waals surface area (Å²) in [6, 6.07) is 3.65. The highest BCUT2D eigenvalue weighted by Gasteiger charge is 2.19. The van der Waals surface area contributed by atoms with E-state index in [1.807, 2.05) is 0 Å². The number of aliphatic carboxylic acids is 1. The number of halogens is 3. The summed E-state index contributed by atoms with van der Waals surface area (Å²) in [6.07, 6.45) is -3.50. The second-order valence-electron chi connectivity index (χ2n) is 3.79. The van der Waals surface area contributed by atoms with Crippen molar-refractivity contribution in [1.29, 1.82) is 0 Å². The number of carboxylic acid groups (broad SMARTS) is 1. The van der Waals surface area contributed by atoms with Gasteiger partial charge in [0.25, 0.3) is 6.43 Å². The molecule has 0 fully saturated rings. The van der Waals surface area contributed by atoms with E-state index in [2.05, 4.69) is 0 Å². The smallest absolute Gasteiger partial charge is 0.337 e. The number of rotatable bonds is 6. The van der Waals surface area contributed by atoms with Gasteiger partial charge in [0.2, 0.25) is 0 Å². The van der Waals surface area contributed by atoms with Crippen molar-refractivity contribution < 1.29 is 23.8 Å². The Labute approximate surface area is 108 Å². The van der Waals surface area contributed by atoms with Crippen LogP contribution in [0.25, 0.3) is 0 Å². The molecule has 0 saturated heterocycles. The van der Waals surface area contributed by atoms with Gasteiger partial charge in [-0.1, -0.05) is 18.2 Å². The quantitative estimate of drug-likeness (QED) is 0.787. The molecule has 1 unspecified atom stereocenters. The van der Waals surface area contributed by atoms with Crippen molar-refractivity contribution in [2.45, 2.75) is 25.4 Å². The van der Waals surface area contributed by atoms with Crippen LogP contribution in [0.4, 0.5) is 8.78 Å². The number of benzene rings is 1. The van der Waals surface area contributed by atoms with Gasteiger partial charge in [-0.3, -0.25) is 0 Å². The molecule has 1 aromatic rings. The number of carbonyl (C=O) groups is 1. The van der Waals surface area contributed by atoms with E-state index in [0.29, 0.717) is 24.3 Å². The molecule has 1 atom stereocenters. The summed E-state index contributed by atoms with van der Waals surface area (Å²) < 4.78 is 25.5. The third-order valence-corrected chi connectivity index (χ3v) is 2.80. The van der Waals surface area contributed by atoms with E-state index in [-0.39, 0.29) is 11.1 Å². The Morgan fingerprint density at radius 2 is 2.06 bits per heavy atom. The lowest BCUT2D eigenvalue weighted by atomic mass is 9.98. The molecule has 0 aromatic heterocycles. The van der Waals surface area contributed by atoms with E-state index in [9.17, 15) is 18.7 Å². The lowest BCUT2D eigenvalue weighted by Gasteiger charge is -2.12. The maximum Gasteiger partial charge on any atom is 0.337 e. The second kappa shape index (κ2) is 6.66. The molecule has 0 aliphatic heterocycles. The molecule has 0 heterocycles. The van der Waals surface area contributed by atoms with E-state index >= 15 is 0 Å². The van der Waals surface area contributed by atoms with Crippen LogP contribution >= 0.6 is 11.6 Å². The van der Waals surface area contributed by atoms with Crippen LogP contribution in [0.3, 0.4) is 0 Å². The Morgan fingerprint density at radius 1 is 1.39 bits per heavy atom. The van der Waals surface area contributed by atoms with Crippen molar-refractivity contribution in [2.24, 2.45) is 0 Å². The highest BCUT2D eigenvalue weighted by molar-refractivity contribution is 6.17. The Kier molecular flexibility index (Phi) is 5.50. The maximum atomic E-state index is 12.7. The second-order valence-corrected chi connectivity index (χ2v) is 4.17. The zero-order valence-corrected chi connectivity index (χ0v) is 10.2. The first-order valence-corrected chi connectivity index (χ1v) is 5.88. The topological polar surface area (TPSA) is 57.5 Å². The summed E-state index contributed by atoms with van der Waals surface area (Å²) in [5.74, 6) is -1.09. The minimum absolute atomic E-state index is 0.0940. The molecule has 0 spiro atoms. The number of alkyl halides is 3. The van der Waals surface area contributed by atoms with E-state index in [0.717, 1.165) is 6.07 Å². The fourth-order valence-corrected chi connectivity index (χ4v) is 1.76. The zero-order chi connectivity index (χ0) is 13.7. The molecule has 3 nitrogen and oxygen atoms in total. The van der Waals surface area contributed by atoms with Gasteiger partial charge in [-0.2, -0.15) is 0 Å². The van der Waals surface area contributed by atoms with Gasteiger partial charge in [0.15, 0.2) is 6.10 Å². The molecule has 1 rings (SSSR count). The summed E-state index contributed by atoms with van der Waals surface area (Å²) in [5.41, 5.74) is 0.265. The van der Waals surface area contributed by atoms with Gasteiger partial charge in [0.05, 0.1) is 0 Å². The highest BCUT2D eigenvalue weighted by Crippen LogP contribution is 2.27. The molecule has 1 aromatic carbocycles. The zero-order valence-electron chi connectivity index (χ0n) is 9.44. The molecule has 0 aliphatic carbocycles. The number of aliphatic hydroxyl groups is 1. The number of aryl methyl sites for hydroxylation is 1. The highest BCUT2D eigenvalue weighted by atomic mass is 35.5. The molecule has 18 heavy (non-hydrogen) atoms. The first kappa shape index (κ1) is 14.9. The Hall–Kier alpha value is -1.20. The first-order chi connectivity index (χ1) is 8.47. The number of hydrogen-bond acceptors (Lipinski definition) is 2. The van der Waals surface area contributed by atoms with Crippen molar-refractivity contribution in [2.75, 3.05) is 5.88 Å². The summed E-state index contributed by atoms with van der Waals surface area (Å²) in [6.45, 7) is 0. The van der Waals surface area contributed by atoms with Crippen LogP contribution in [-0.2, 0) is 11.2 Å². The van der Waals surface area contributed by atoms with E-state index in [4.69, 9.17) is 16.7 Å². The lowest BCUT2D eigenvalue weighted by Crippen LogP contribution is -2.11. The Balaban J connectivity index is 3.08. The number of aliphatic hydroxyl groups excluding tert-OH is 1. The summed E-state index contributed by atoms with van der Waals surface area (Å²) in [7, 11) is 0. The Bertz CT molecular complexity index is 424. The third-order valence-electron chi connectivity index (χ3n) is 2.53. The van der Waals surface area contributed by atoms with Crippen molar-refractivity contribution in [3.8, 4) is 0 Å². The summed E-state index contributed by atoms with van der Waals surface area (Å²) >= 11 is 5.51. The largest absolute Gasteiger partial charge is 0.479 e. The van der Waals surface area contributed by atoms with E-state index in [1.165, 1.54) is 12.1 Å². The fraction of sp³-hybridized carbons (Fsp3) is 0.417. The van der Waals surface area contributed by atoms with Crippen LogP contribution in [-0.4, -0.2) is 22.1 Å². The predicted molar refractivity (Wildman–Crippen MR) is 63.0 cm³/mol. The third kappa shape index (κ3) is 3.65. The molecular formula is C12H13ClF2O3. The van der Waals surface area contributed by atoms with Crippen LogP contribution in [0.5, 0.6) is 0 Å². The average molecular weight is 279 g/mol. The molecule has 100 valence electrons. The Morgan fingerprint density at radius 3 is 2.56 bits per heavy atom. The first-order valence-electron chi connectivity index (χ1n) is 5.35. The molecule has 0 aliphatic rings. The van der Waals surface area contributed by atoms with Crippen LogP contribution in [0.2, 0.25) is 0 Å². The van der Waals surface area contributed by atoms with Gasteiger partial charge in [-0.25, -0.2) is 13.6 Å². The standard InChI is InChI=1S/C12H13ClF2O3/c13-5-1-2-7-6-8(10(16)12(17)18)3-4-9(7)11(14)15/h3-4,6,10-11,16H,1-2,5H2,(H,17,18). The molecule has 0 radical (unpaired) electrons. The average Bonchev–Trinajstić information content (AvgIpc) is 2.34. The van der Waals surface area contributed by atoms with Gasteiger partial charge in [0.1, 0.15) is 0 Å². The number of carboxylic acids is 1. The van der Waals surface area contributed by atoms with Crippen LogP contribution in [0.1, 0.15) is 35.6 Å². The van der Waals surface area contributed by atoms with Gasteiger partial charge >= 0.3 is 5.97 Å². The SMILES string of the molecule is O=C(O)C(O)c1ccc(C(F)F)c(CCCCl)c1. The number of hydrogen-bond donors (Lipinski definition) is 2. The summed E-state index contributed by atoms with van der Waals surface area (Å²) in [5, 5.41) is 18.0. The molecule has 0 saturated carbocycles. The van der Waals surface area contributed by atoms with Crippen LogP contribution < -0.4 is 0 Å². The normalized spacial score (nSPS) is 12.7. The van der Waals surface area contributed by atoms with Gasteiger partial charge < -0.3 is 10.2 Å². The van der Waals surface area contributed by atoms with E-state index < -0.39 is 18.5 Å². The molecule has 2 N–H and O–H groups in total. The van der Waals surface area contributed by atoms with Gasteiger partial charge in [-0.05, 0) is 24.0 Å². The van der Waals surface area contributed by atoms with Gasteiger partial charge in [0, 0.05) is 11.4 Å². The van der Waals surface area contributed by atoms with Crippen LogP contribution in [0.15, 0.2) is 18.2 Å². The van der Waals surface area contributed by atoms with Crippen LogP contribution in [0, 0.1) is 0 Å². The summed E-state index contributed by atoms with van der Waals surface area (Å²) in [4.78, 5) is 10.6. The molecule has 0 amide bonds. The lowest BCUT2D eigenvalue weighted by molar-refractivity contribution is -0.146. The van der Waals surface area contributed by atoms with Crippen molar-refractivity contribution in [3.63, 3.8) is 0 Å². The molecular weight excluding hydrogens is 266 g/mol. The molecule has 0 bridgehead atoms.